The van der Waals surface area contributed by atoms with Crippen molar-refractivity contribution in [2.45, 2.75) is 19.8 Å². The summed E-state index contributed by atoms with van der Waals surface area (Å²) in [6.45, 7) is 3.85. The van der Waals surface area contributed by atoms with Gasteiger partial charge in [-0.3, -0.25) is 9.59 Å². The zero-order chi connectivity index (χ0) is 24.1. The summed E-state index contributed by atoms with van der Waals surface area (Å²) < 4.78 is 18.4. The molecule has 5 nitrogen and oxygen atoms in total. The molecule has 176 valence electrons. The van der Waals surface area contributed by atoms with Crippen LogP contribution in [0, 0.1) is 11.7 Å². The minimum absolute atomic E-state index is 0.0562. The second-order valence-electron chi connectivity index (χ2n) is 8.40. The number of methoxy groups -OCH3 is 1. The molecule has 3 aromatic rings. The van der Waals surface area contributed by atoms with E-state index in [1.54, 1.807) is 24.1 Å². The fourth-order valence-electron chi connectivity index (χ4n) is 4.51. The number of anilines is 2. The molecule has 1 aliphatic rings. The van der Waals surface area contributed by atoms with Crippen molar-refractivity contribution in [1.29, 1.82) is 0 Å². The van der Waals surface area contributed by atoms with Crippen LogP contribution in [0.3, 0.4) is 0 Å². The van der Waals surface area contributed by atoms with Gasteiger partial charge >= 0.3 is 0 Å². The van der Waals surface area contributed by atoms with E-state index in [1.165, 1.54) is 12.1 Å². The van der Waals surface area contributed by atoms with Gasteiger partial charge < -0.3 is 14.5 Å². The molecule has 1 amide bonds. The molecule has 0 saturated carbocycles. The van der Waals surface area contributed by atoms with Crippen molar-refractivity contribution in [2.75, 3.05) is 36.5 Å². The number of hydrogen-bond acceptors (Lipinski definition) is 4. The highest BCUT2D eigenvalue weighted by atomic mass is 19.1. The number of para-hydroxylation sites is 1. The first-order valence-corrected chi connectivity index (χ1v) is 11.6. The summed E-state index contributed by atoms with van der Waals surface area (Å²) in [4.78, 5) is 30.3. The van der Waals surface area contributed by atoms with Crippen LogP contribution in [0.15, 0.2) is 72.8 Å². The van der Waals surface area contributed by atoms with Crippen molar-refractivity contribution in [3.05, 3.63) is 89.7 Å². The van der Waals surface area contributed by atoms with Gasteiger partial charge in [-0.25, -0.2) is 4.39 Å². The largest absolute Gasteiger partial charge is 0.497 e. The van der Waals surface area contributed by atoms with E-state index in [-0.39, 0.29) is 23.4 Å². The average molecular weight is 461 g/mol. The molecule has 1 fully saturated rings. The fraction of sp³-hybridized carbons (Fsp3) is 0.286. The van der Waals surface area contributed by atoms with E-state index in [9.17, 15) is 14.0 Å². The molecular formula is C28H29FN2O3. The summed E-state index contributed by atoms with van der Waals surface area (Å²) in [5.74, 6) is 0.290. The van der Waals surface area contributed by atoms with E-state index in [4.69, 9.17) is 4.74 Å². The summed E-state index contributed by atoms with van der Waals surface area (Å²) in [6, 6.07) is 20.9. The van der Waals surface area contributed by atoms with Crippen LogP contribution >= 0.6 is 0 Å². The van der Waals surface area contributed by atoms with Crippen LogP contribution in [-0.2, 0) is 0 Å². The number of nitrogens with zero attached hydrogens (tertiary/aromatic N) is 2. The highest BCUT2D eigenvalue weighted by molar-refractivity contribution is 6.09. The maximum atomic E-state index is 13.6. The van der Waals surface area contributed by atoms with Gasteiger partial charge in [-0.1, -0.05) is 12.1 Å². The minimum atomic E-state index is -0.344. The third-order valence-corrected chi connectivity index (χ3v) is 6.42. The summed E-state index contributed by atoms with van der Waals surface area (Å²) in [7, 11) is 1.62. The molecular weight excluding hydrogens is 431 g/mol. The highest BCUT2D eigenvalue weighted by Crippen LogP contribution is 2.30. The molecule has 0 unspecified atom stereocenters. The molecule has 0 aromatic heterocycles. The van der Waals surface area contributed by atoms with Crippen molar-refractivity contribution in [2.24, 2.45) is 5.92 Å². The summed E-state index contributed by atoms with van der Waals surface area (Å²) >= 11 is 0. The third kappa shape index (κ3) is 4.96. The lowest BCUT2D eigenvalue weighted by Gasteiger charge is -2.34. The second kappa shape index (κ2) is 10.5. The standard InChI is InChI=1S/C28H29FN2O3/c1-3-31(23-12-14-24(34-2)15-13-23)28(33)25-6-4-5-7-26(25)30-18-16-21(17-19-30)27(32)20-8-10-22(29)11-9-20/h4-15,21H,3,16-19H2,1-2H3. The number of carbonyl (C=O) groups excluding carboxylic acids is 2. The van der Waals surface area contributed by atoms with Gasteiger partial charge in [-0.15, -0.1) is 0 Å². The zero-order valence-corrected chi connectivity index (χ0v) is 19.5. The van der Waals surface area contributed by atoms with Crippen molar-refractivity contribution < 1.29 is 18.7 Å². The Morgan fingerprint density at radius 1 is 0.971 bits per heavy atom. The number of rotatable bonds is 7. The van der Waals surface area contributed by atoms with Gasteiger partial charge in [-0.2, -0.15) is 0 Å². The lowest BCUT2D eigenvalue weighted by atomic mass is 9.88. The van der Waals surface area contributed by atoms with Gasteiger partial charge in [0.05, 0.1) is 12.7 Å². The van der Waals surface area contributed by atoms with Gasteiger partial charge in [0, 0.05) is 42.5 Å². The predicted molar refractivity (Wildman–Crippen MR) is 132 cm³/mol. The average Bonchev–Trinajstić information content (AvgIpc) is 2.89. The summed E-state index contributed by atoms with van der Waals surface area (Å²) in [5, 5.41) is 0. The van der Waals surface area contributed by atoms with Gasteiger partial charge in [0.1, 0.15) is 11.6 Å². The topological polar surface area (TPSA) is 49.9 Å². The van der Waals surface area contributed by atoms with Crippen LogP contribution in [0.4, 0.5) is 15.8 Å². The Hall–Kier alpha value is -3.67. The molecule has 1 saturated heterocycles. The predicted octanol–water partition coefficient (Wildman–Crippen LogP) is 5.60. The summed E-state index contributed by atoms with van der Waals surface area (Å²) in [5.41, 5.74) is 2.89. The van der Waals surface area contributed by atoms with Gasteiger partial charge in [0.2, 0.25) is 0 Å². The lowest BCUT2D eigenvalue weighted by Crippen LogP contribution is -2.38. The van der Waals surface area contributed by atoms with Crippen molar-refractivity contribution in [3.63, 3.8) is 0 Å². The molecule has 0 N–H and O–H groups in total. The van der Waals surface area contributed by atoms with Gasteiger partial charge in [-0.05, 0) is 80.4 Å². The number of amides is 1. The van der Waals surface area contributed by atoms with E-state index < -0.39 is 0 Å². The molecule has 0 aliphatic carbocycles. The van der Waals surface area contributed by atoms with E-state index in [0.29, 0.717) is 43.6 Å². The smallest absolute Gasteiger partial charge is 0.260 e. The van der Waals surface area contributed by atoms with Gasteiger partial charge in [0.15, 0.2) is 5.78 Å². The molecule has 0 spiro atoms. The molecule has 4 rings (SSSR count). The van der Waals surface area contributed by atoms with E-state index in [0.717, 1.165) is 17.1 Å². The molecule has 0 atom stereocenters. The first-order valence-electron chi connectivity index (χ1n) is 11.6. The van der Waals surface area contributed by atoms with E-state index >= 15 is 0 Å². The first-order chi connectivity index (χ1) is 16.5. The zero-order valence-electron chi connectivity index (χ0n) is 19.5. The van der Waals surface area contributed by atoms with Crippen LogP contribution in [-0.4, -0.2) is 38.4 Å². The van der Waals surface area contributed by atoms with E-state index in [1.807, 2.05) is 55.5 Å². The van der Waals surface area contributed by atoms with E-state index in [2.05, 4.69) is 4.90 Å². The Bertz CT molecular complexity index is 1140. The number of Topliss-reactive ketones (excluding diaryl/α,β-unsaturated/α-hetero) is 1. The monoisotopic (exact) mass is 460 g/mol. The molecule has 6 heteroatoms. The molecule has 34 heavy (non-hydrogen) atoms. The Morgan fingerprint density at radius 2 is 1.62 bits per heavy atom. The Morgan fingerprint density at radius 3 is 2.24 bits per heavy atom. The minimum Gasteiger partial charge on any atom is -0.497 e. The highest BCUT2D eigenvalue weighted by Gasteiger charge is 2.28. The Kier molecular flexibility index (Phi) is 7.26. The van der Waals surface area contributed by atoms with Crippen LogP contribution < -0.4 is 14.5 Å². The van der Waals surface area contributed by atoms with Crippen molar-refractivity contribution >= 4 is 23.1 Å². The number of ether oxygens (including phenoxy) is 1. The quantitative estimate of drug-likeness (QED) is 0.431. The Balaban J connectivity index is 1.49. The maximum Gasteiger partial charge on any atom is 0.260 e. The van der Waals surface area contributed by atoms with Crippen LogP contribution in [0.2, 0.25) is 0 Å². The first kappa shape index (κ1) is 23.5. The fourth-order valence-corrected chi connectivity index (χ4v) is 4.51. The van der Waals surface area contributed by atoms with Crippen LogP contribution in [0.1, 0.15) is 40.5 Å². The molecule has 0 radical (unpaired) electrons. The van der Waals surface area contributed by atoms with Gasteiger partial charge in [0.25, 0.3) is 5.91 Å². The number of hydrogen-bond donors (Lipinski definition) is 0. The number of benzene rings is 3. The second-order valence-corrected chi connectivity index (χ2v) is 8.40. The number of piperidine rings is 1. The summed E-state index contributed by atoms with van der Waals surface area (Å²) in [6.07, 6.45) is 1.38. The normalized spacial score (nSPS) is 14.0. The Labute approximate surface area is 199 Å². The lowest BCUT2D eigenvalue weighted by molar-refractivity contribution is 0.0899. The third-order valence-electron chi connectivity index (χ3n) is 6.42. The maximum absolute atomic E-state index is 13.6. The molecule has 1 heterocycles. The van der Waals surface area contributed by atoms with Crippen molar-refractivity contribution in [1.82, 2.24) is 0 Å². The number of carbonyl (C=O) groups is 2. The van der Waals surface area contributed by atoms with Crippen LogP contribution in [0.25, 0.3) is 0 Å². The molecule has 0 bridgehead atoms. The number of halogens is 1. The molecule has 3 aromatic carbocycles. The number of ketones is 1. The molecule has 1 aliphatic heterocycles. The van der Waals surface area contributed by atoms with Crippen molar-refractivity contribution in [3.8, 4) is 5.75 Å². The van der Waals surface area contributed by atoms with Crippen LogP contribution in [0.5, 0.6) is 5.75 Å². The SMILES string of the molecule is CCN(C(=O)c1ccccc1N1CCC(C(=O)c2ccc(F)cc2)CC1)c1ccc(OC)cc1.